The van der Waals surface area contributed by atoms with Crippen molar-refractivity contribution < 1.29 is 14.0 Å². The minimum Gasteiger partial charge on any atom is -0.451 e. The summed E-state index contributed by atoms with van der Waals surface area (Å²) in [5.41, 5.74) is 0.249. The largest absolute Gasteiger partial charge is 0.451 e. The smallest absolute Gasteiger partial charge is 0.290 e. The molecule has 7 heteroatoms. The monoisotopic (exact) mass is 392 g/mol. The fraction of sp³-hybridized carbons (Fsp3) is 0.455. The number of rotatable bonds is 7. The van der Waals surface area contributed by atoms with Gasteiger partial charge >= 0.3 is 0 Å². The second kappa shape index (κ2) is 8.08. The van der Waals surface area contributed by atoms with Crippen LogP contribution in [0.25, 0.3) is 11.0 Å². The lowest BCUT2D eigenvalue weighted by Crippen LogP contribution is -2.52. The Bertz CT molecular complexity index is 948. The number of para-hydroxylation sites is 1. The van der Waals surface area contributed by atoms with Gasteiger partial charge in [0.2, 0.25) is 5.91 Å². The van der Waals surface area contributed by atoms with E-state index < -0.39 is 11.7 Å². The molecule has 2 aliphatic heterocycles. The molecular formula is C22H24N4O3. The Morgan fingerprint density at radius 1 is 1.28 bits per heavy atom. The molecule has 1 N–H and O–H groups in total. The van der Waals surface area contributed by atoms with E-state index in [1.165, 1.54) is 0 Å². The first-order valence-corrected chi connectivity index (χ1v) is 10.1. The van der Waals surface area contributed by atoms with Gasteiger partial charge in [0.25, 0.3) is 5.91 Å². The van der Waals surface area contributed by atoms with Crippen LogP contribution in [0.1, 0.15) is 49.1 Å². The third kappa shape index (κ3) is 4.16. The average Bonchev–Trinajstić information content (AvgIpc) is 3.38. The van der Waals surface area contributed by atoms with E-state index in [-0.39, 0.29) is 17.6 Å². The Morgan fingerprint density at radius 3 is 2.86 bits per heavy atom. The van der Waals surface area contributed by atoms with Crippen molar-refractivity contribution in [2.24, 2.45) is 10.2 Å². The van der Waals surface area contributed by atoms with Crippen LogP contribution in [-0.4, -0.2) is 41.5 Å². The van der Waals surface area contributed by atoms with Crippen molar-refractivity contribution in [1.29, 1.82) is 0 Å². The third-order valence-electron chi connectivity index (χ3n) is 5.58. The molecular weight excluding hydrogens is 368 g/mol. The number of terminal acetylenes is 1. The minimum absolute atomic E-state index is 0.137. The predicted molar refractivity (Wildman–Crippen MR) is 108 cm³/mol. The maximum Gasteiger partial charge on any atom is 0.290 e. The summed E-state index contributed by atoms with van der Waals surface area (Å²) in [6.07, 6.45) is 9.70. The number of hydrogen-bond acceptors (Lipinski definition) is 5. The SMILES string of the molecule is C#CCCC1(CCNC(=O)[C@H]2CCCCN2C(=O)c2cc3ccccc3o2)N=N1. The molecule has 1 fully saturated rings. The highest BCUT2D eigenvalue weighted by atomic mass is 16.3. The number of amides is 2. The van der Waals surface area contributed by atoms with Crippen LogP contribution in [0, 0.1) is 12.3 Å². The summed E-state index contributed by atoms with van der Waals surface area (Å²) >= 11 is 0. The van der Waals surface area contributed by atoms with Crippen LogP contribution in [0.3, 0.4) is 0 Å². The zero-order chi connectivity index (χ0) is 20.3. The van der Waals surface area contributed by atoms with Gasteiger partial charge in [-0.25, -0.2) is 0 Å². The molecule has 4 rings (SSSR count). The van der Waals surface area contributed by atoms with Gasteiger partial charge in [0.15, 0.2) is 11.4 Å². The average molecular weight is 392 g/mol. The summed E-state index contributed by atoms with van der Waals surface area (Å²) in [5.74, 6) is 2.50. The Balaban J connectivity index is 1.38. The summed E-state index contributed by atoms with van der Waals surface area (Å²) in [7, 11) is 0. The van der Waals surface area contributed by atoms with Crippen LogP contribution in [0.4, 0.5) is 0 Å². The van der Waals surface area contributed by atoms with Crippen molar-refractivity contribution in [1.82, 2.24) is 10.2 Å². The molecule has 29 heavy (non-hydrogen) atoms. The summed E-state index contributed by atoms with van der Waals surface area (Å²) in [5, 5.41) is 12.0. The molecule has 2 aromatic rings. The first-order chi connectivity index (χ1) is 14.1. The Morgan fingerprint density at radius 2 is 2.10 bits per heavy atom. The number of furan rings is 1. The van der Waals surface area contributed by atoms with E-state index in [2.05, 4.69) is 21.5 Å². The van der Waals surface area contributed by atoms with Gasteiger partial charge in [0.05, 0.1) is 0 Å². The fourth-order valence-electron chi connectivity index (χ4n) is 3.85. The zero-order valence-electron chi connectivity index (χ0n) is 16.3. The summed E-state index contributed by atoms with van der Waals surface area (Å²) in [4.78, 5) is 27.5. The van der Waals surface area contributed by atoms with Crippen molar-refractivity contribution >= 4 is 22.8 Å². The van der Waals surface area contributed by atoms with Gasteiger partial charge in [-0.05, 0) is 31.4 Å². The third-order valence-corrected chi connectivity index (χ3v) is 5.58. The number of piperidine rings is 1. The lowest BCUT2D eigenvalue weighted by atomic mass is 10.0. The molecule has 1 atom stereocenters. The number of nitrogens with one attached hydrogen (secondary N) is 1. The second-order valence-corrected chi connectivity index (χ2v) is 7.59. The maximum atomic E-state index is 13.0. The topological polar surface area (TPSA) is 87.3 Å². The molecule has 0 bridgehead atoms. The summed E-state index contributed by atoms with van der Waals surface area (Å²) in [6, 6.07) is 8.76. The van der Waals surface area contributed by atoms with Gasteiger partial charge < -0.3 is 14.6 Å². The molecule has 1 aromatic heterocycles. The normalized spacial score (nSPS) is 19.7. The summed E-state index contributed by atoms with van der Waals surface area (Å²) < 4.78 is 5.72. The molecule has 150 valence electrons. The van der Waals surface area contributed by atoms with Crippen molar-refractivity contribution in [3.63, 3.8) is 0 Å². The van der Waals surface area contributed by atoms with E-state index in [4.69, 9.17) is 10.8 Å². The van der Waals surface area contributed by atoms with Crippen LogP contribution in [0.5, 0.6) is 0 Å². The lowest BCUT2D eigenvalue weighted by Gasteiger charge is -2.34. The number of benzene rings is 1. The number of hydrogen-bond donors (Lipinski definition) is 1. The minimum atomic E-state index is -0.487. The molecule has 2 aliphatic rings. The van der Waals surface area contributed by atoms with E-state index in [1.54, 1.807) is 11.0 Å². The maximum absolute atomic E-state index is 13.0. The number of likely N-dealkylation sites (tertiary alicyclic amines) is 1. The second-order valence-electron chi connectivity index (χ2n) is 7.59. The number of nitrogens with zero attached hydrogens (tertiary/aromatic N) is 3. The molecule has 1 aromatic carbocycles. The van der Waals surface area contributed by atoms with E-state index in [9.17, 15) is 9.59 Å². The molecule has 1 saturated heterocycles. The Labute approximate surface area is 169 Å². The number of fused-ring (bicyclic) bond motifs is 1. The molecule has 2 amide bonds. The fourth-order valence-corrected chi connectivity index (χ4v) is 3.85. The van der Waals surface area contributed by atoms with Gasteiger partial charge in [-0.15, -0.1) is 12.3 Å². The zero-order valence-corrected chi connectivity index (χ0v) is 16.3. The lowest BCUT2D eigenvalue weighted by molar-refractivity contribution is -0.126. The van der Waals surface area contributed by atoms with E-state index in [0.29, 0.717) is 44.4 Å². The van der Waals surface area contributed by atoms with Gasteiger partial charge in [-0.1, -0.05) is 18.2 Å². The molecule has 7 nitrogen and oxygen atoms in total. The van der Waals surface area contributed by atoms with Crippen LogP contribution in [-0.2, 0) is 4.79 Å². The first kappa shape index (κ1) is 19.2. The van der Waals surface area contributed by atoms with E-state index >= 15 is 0 Å². The molecule has 0 saturated carbocycles. The Kier molecular flexibility index (Phi) is 5.34. The highest BCUT2D eigenvalue weighted by Crippen LogP contribution is 2.36. The van der Waals surface area contributed by atoms with Crippen molar-refractivity contribution in [2.75, 3.05) is 13.1 Å². The Hall–Kier alpha value is -3.14. The van der Waals surface area contributed by atoms with Crippen molar-refractivity contribution in [2.45, 2.75) is 50.2 Å². The van der Waals surface area contributed by atoms with Crippen LogP contribution in [0.2, 0.25) is 0 Å². The van der Waals surface area contributed by atoms with Crippen LogP contribution in [0.15, 0.2) is 45.0 Å². The van der Waals surface area contributed by atoms with E-state index in [0.717, 1.165) is 18.2 Å². The highest BCUT2D eigenvalue weighted by Gasteiger charge is 2.39. The molecule has 0 aliphatic carbocycles. The van der Waals surface area contributed by atoms with Crippen molar-refractivity contribution in [3.05, 3.63) is 36.1 Å². The van der Waals surface area contributed by atoms with Gasteiger partial charge in [0.1, 0.15) is 11.6 Å². The number of carbonyl (C=O) groups is 2. The van der Waals surface area contributed by atoms with Crippen LogP contribution >= 0.6 is 0 Å². The molecule has 0 radical (unpaired) electrons. The highest BCUT2D eigenvalue weighted by molar-refractivity contribution is 5.98. The van der Waals surface area contributed by atoms with Gasteiger partial charge in [-0.3, -0.25) is 9.59 Å². The van der Waals surface area contributed by atoms with E-state index in [1.807, 2.05) is 24.3 Å². The van der Waals surface area contributed by atoms with Gasteiger partial charge in [0, 0.05) is 37.7 Å². The summed E-state index contributed by atoms with van der Waals surface area (Å²) in [6.45, 7) is 1.00. The first-order valence-electron chi connectivity index (χ1n) is 10.1. The standard InChI is InChI=1S/C22H24N4O3/c1-2-3-11-22(24-25-22)12-13-23-20(27)17-9-6-7-14-26(17)21(28)19-15-16-8-4-5-10-18(16)29-19/h1,4-5,8,10,15,17H,3,6-7,9,11-14H2,(H,23,27)/t17-/m1/s1. The molecule has 3 heterocycles. The number of carbonyl (C=O) groups excluding carboxylic acids is 2. The van der Waals surface area contributed by atoms with Gasteiger partial charge in [-0.2, -0.15) is 10.2 Å². The molecule has 0 unspecified atom stereocenters. The van der Waals surface area contributed by atoms with Crippen molar-refractivity contribution in [3.8, 4) is 12.3 Å². The molecule has 0 spiro atoms. The van der Waals surface area contributed by atoms with Crippen LogP contribution < -0.4 is 5.32 Å². The quantitative estimate of drug-likeness (QED) is 0.732. The predicted octanol–water partition coefficient (Wildman–Crippen LogP) is 3.51.